The van der Waals surface area contributed by atoms with Crippen molar-refractivity contribution in [1.82, 2.24) is 10.3 Å². The van der Waals surface area contributed by atoms with Gasteiger partial charge in [0.2, 0.25) is 0 Å². The Kier molecular flexibility index (Phi) is 7.77. The minimum atomic E-state index is -4.79. The lowest BCUT2D eigenvalue weighted by atomic mass is 10.1. The molecule has 174 valence electrons. The number of nitrogens with one attached hydrogen (secondary N) is 1. The molecule has 2 aromatic carbocycles. The second-order valence-electron chi connectivity index (χ2n) is 6.63. The van der Waals surface area contributed by atoms with Crippen molar-refractivity contribution < 1.29 is 32.2 Å². The third-order valence-electron chi connectivity index (χ3n) is 4.12. The molecular weight excluding hydrogens is 483 g/mol. The number of benzene rings is 2. The van der Waals surface area contributed by atoms with Gasteiger partial charge in [-0.05, 0) is 42.0 Å². The van der Waals surface area contributed by atoms with Crippen LogP contribution in [-0.2, 0) is 17.8 Å². The van der Waals surface area contributed by atoms with Gasteiger partial charge >= 0.3 is 6.36 Å². The Balaban J connectivity index is 1.53. The maximum absolute atomic E-state index is 12.2. The highest BCUT2D eigenvalue weighted by Crippen LogP contribution is 2.25. The standard InChI is InChI=1S/C21H17ClF3N3O4S/c22-13-3-1-12(2-4-13)9-16-19(20(26)30)28-18(33-16)10-27-17(29)11-31-14-5-7-15(8-6-14)32-21(23,24)25/h1-8H,9-11H2,(H2,26,30)(H,27,29). The van der Waals surface area contributed by atoms with Crippen LogP contribution in [0.4, 0.5) is 13.2 Å². The van der Waals surface area contributed by atoms with E-state index in [0.717, 1.165) is 17.7 Å². The maximum Gasteiger partial charge on any atom is 0.573 e. The lowest BCUT2D eigenvalue weighted by Crippen LogP contribution is -2.28. The molecular formula is C21H17ClF3N3O4S. The van der Waals surface area contributed by atoms with Crippen molar-refractivity contribution in [3.8, 4) is 11.5 Å². The number of primary amides is 1. The zero-order valence-corrected chi connectivity index (χ0v) is 18.4. The van der Waals surface area contributed by atoms with E-state index in [4.69, 9.17) is 22.1 Å². The molecule has 0 aliphatic heterocycles. The molecule has 0 saturated carbocycles. The minimum Gasteiger partial charge on any atom is -0.484 e. The summed E-state index contributed by atoms with van der Waals surface area (Å²) in [5.41, 5.74) is 6.48. The molecule has 2 amide bonds. The van der Waals surface area contributed by atoms with Crippen molar-refractivity contribution in [1.29, 1.82) is 0 Å². The summed E-state index contributed by atoms with van der Waals surface area (Å²) in [6.07, 6.45) is -4.36. The average molecular weight is 500 g/mol. The van der Waals surface area contributed by atoms with Gasteiger partial charge in [-0.2, -0.15) is 0 Å². The summed E-state index contributed by atoms with van der Waals surface area (Å²) < 4.78 is 45.5. The molecule has 3 aromatic rings. The van der Waals surface area contributed by atoms with E-state index in [9.17, 15) is 22.8 Å². The number of alkyl halides is 3. The van der Waals surface area contributed by atoms with Crippen LogP contribution in [0.5, 0.6) is 11.5 Å². The van der Waals surface area contributed by atoms with Crippen molar-refractivity contribution in [2.75, 3.05) is 6.61 Å². The molecule has 3 rings (SSSR count). The SMILES string of the molecule is NC(=O)c1nc(CNC(=O)COc2ccc(OC(F)(F)F)cc2)sc1Cc1ccc(Cl)cc1. The number of thiazole rings is 1. The van der Waals surface area contributed by atoms with Crippen LogP contribution >= 0.6 is 22.9 Å². The Hall–Kier alpha value is -3.31. The second kappa shape index (κ2) is 10.5. The molecule has 0 unspecified atom stereocenters. The molecule has 3 N–H and O–H groups in total. The van der Waals surface area contributed by atoms with Crippen LogP contribution in [0.3, 0.4) is 0 Å². The zero-order chi connectivity index (χ0) is 24.0. The first kappa shape index (κ1) is 24.3. The third-order valence-corrected chi connectivity index (χ3v) is 5.42. The quantitative estimate of drug-likeness (QED) is 0.462. The number of carbonyl (C=O) groups is 2. The highest BCUT2D eigenvalue weighted by Gasteiger charge is 2.31. The van der Waals surface area contributed by atoms with E-state index < -0.39 is 23.9 Å². The van der Waals surface area contributed by atoms with Gasteiger partial charge in [0.05, 0.1) is 6.54 Å². The number of aromatic nitrogens is 1. The summed E-state index contributed by atoms with van der Waals surface area (Å²) in [5.74, 6) is -1.37. The lowest BCUT2D eigenvalue weighted by molar-refractivity contribution is -0.274. The van der Waals surface area contributed by atoms with Gasteiger partial charge in [-0.1, -0.05) is 23.7 Å². The molecule has 1 aromatic heterocycles. The first-order chi connectivity index (χ1) is 15.6. The summed E-state index contributed by atoms with van der Waals surface area (Å²) in [6.45, 7) is -0.322. The number of ether oxygens (including phenoxy) is 2. The van der Waals surface area contributed by atoms with Gasteiger partial charge in [0.1, 0.15) is 22.2 Å². The summed E-state index contributed by atoms with van der Waals surface area (Å²) in [6, 6.07) is 11.8. The Labute approximate surface area is 195 Å². The van der Waals surface area contributed by atoms with Crippen molar-refractivity contribution >= 4 is 34.8 Å². The molecule has 0 fully saturated rings. The monoisotopic (exact) mass is 499 g/mol. The number of hydrogen-bond acceptors (Lipinski definition) is 6. The number of hydrogen-bond donors (Lipinski definition) is 2. The Morgan fingerprint density at radius 1 is 1.06 bits per heavy atom. The molecule has 0 spiro atoms. The summed E-state index contributed by atoms with van der Waals surface area (Å²) in [4.78, 5) is 28.7. The molecule has 0 radical (unpaired) electrons. The fraction of sp³-hybridized carbons (Fsp3) is 0.190. The fourth-order valence-corrected chi connectivity index (χ4v) is 3.86. The van der Waals surface area contributed by atoms with E-state index >= 15 is 0 Å². The first-order valence-electron chi connectivity index (χ1n) is 9.37. The molecule has 7 nitrogen and oxygen atoms in total. The van der Waals surface area contributed by atoms with E-state index in [1.165, 1.54) is 23.5 Å². The third kappa shape index (κ3) is 7.65. The van der Waals surface area contributed by atoms with Gasteiger partial charge in [-0.25, -0.2) is 4.98 Å². The molecule has 0 saturated heterocycles. The minimum absolute atomic E-state index is 0.0477. The van der Waals surface area contributed by atoms with Gasteiger partial charge in [-0.15, -0.1) is 24.5 Å². The van der Waals surface area contributed by atoms with E-state index in [2.05, 4.69) is 15.0 Å². The maximum atomic E-state index is 12.2. The Morgan fingerprint density at radius 2 is 1.70 bits per heavy atom. The molecule has 0 bridgehead atoms. The van der Waals surface area contributed by atoms with Gasteiger partial charge in [0.25, 0.3) is 11.8 Å². The molecule has 0 aliphatic carbocycles. The highest BCUT2D eigenvalue weighted by molar-refractivity contribution is 7.12. The zero-order valence-electron chi connectivity index (χ0n) is 16.8. The number of nitrogens with two attached hydrogens (primary N) is 1. The van der Waals surface area contributed by atoms with Crippen molar-refractivity contribution in [3.63, 3.8) is 0 Å². The molecule has 0 aliphatic rings. The van der Waals surface area contributed by atoms with Gasteiger partial charge in [0.15, 0.2) is 6.61 Å². The first-order valence-corrected chi connectivity index (χ1v) is 10.6. The number of carbonyl (C=O) groups excluding carboxylic acids is 2. The normalized spacial score (nSPS) is 11.2. The largest absolute Gasteiger partial charge is 0.573 e. The molecule has 1 heterocycles. The van der Waals surface area contributed by atoms with E-state index in [1.54, 1.807) is 12.1 Å². The van der Waals surface area contributed by atoms with E-state index in [-0.39, 0.29) is 24.6 Å². The van der Waals surface area contributed by atoms with Crippen LogP contribution in [0.15, 0.2) is 48.5 Å². The molecule has 12 heteroatoms. The Bertz CT molecular complexity index is 1120. The predicted octanol–water partition coefficient (Wildman–Crippen LogP) is 4.08. The van der Waals surface area contributed by atoms with Crippen LogP contribution in [0.25, 0.3) is 0 Å². The van der Waals surface area contributed by atoms with Crippen LogP contribution in [0.2, 0.25) is 5.02 Å². The van der Waals surface area contributed by atoms with Gasteiger partial charge in [0, 0.05) is 16.3 Å². The van der Waals surface area contributed by atoms with Crippen LogP contribution in [-0.4, -0.2) is 29.8 Å². The average Bonchev–Trinajstić information content (AvgIpc) is 3.15. The highest BCUT2D eigenvalue weighted by atomic mass is 35.5. The van der Waals surface area contributed by atoms with Gasteiger partial charge in [-0.3, -0.25) is 9.59 Å². The fourth-order valence-electron chi connectivity index (χ4n) is 2.69. The summed E-state index contributed by atoms with van der Waals surface area (Å²) >= 11 is 7.13. The Morgan fingerprint density at radius 3 is 2.30 bits per heavy atom. The van der Waals surface area contributed by atoms with E-state index in [0.29, 0.717) is 21.3 Å². The van der Waals surface area contributed by atoms with Crippen LogP contribution < -0.4 is 20.5 Å². The summed E-state index contributed by atoms with van der Waals surface area (Å²) in [7, 11) is 0. The topological polar surface area (TPSA) is 104 Å². The van der Waals surface area contributed by atoms with Crippen LogP contribution in [0.1, 0.15) is 25.9 Å². The number of nitrogens with zero attached hydrogens (tertiary/aromatic N) is 1. The number of halogens is 4. The van der Waals surface area contributed by atoms with Crippen LogP contribution in [0, 0.1) is 0 Å². The summed E-state index contributed by atoms with van der Waals surface area (Å²) in [5, 5.41) is 3.68. The number of amides is 2. The molecule has 33 heavy (non-hydrogen) atoms. The predicted molar refractivity (Wildman–Crippen MR) is 115 cm³/mol. The number of rotatable bonds is 9. The van der Waals surface area contributed by atoms with E-state index in [1.807, 2.05) is 12.1 Å². The second-order valence-corrected chi connectivity index (χ2v) is 8.24. The van der Waals surface area contributed by atoms with Crippen molar-refractivity contribution in [2.24, 2.45) is 5.73 Å². The van der Waals surface area contributed by atoms with Crippen molar-refractivity contribution in [2.45, 2.75) is 19.3 Å². The lowest BCUT2D eigenvalue weighted by Gasteiger charge is -2.10. The molecule has 0 atom stereocenters. The van der Waals surface area contributed by atoms with Gasteiger partial charge < -0.3 is 20.5 Å². The van der Waals surface area contributed by atoms with Crippen molar-refractivity contribution in [3.05, 3.63) is 74.7 Å². The smallest absolute Gasteiger partial charge is 0.484 e.